The van der Waals surface area contributed by atoms with E-state index >= 15 is 0 Å². The third-order valence-corrected chi connectivity index (χ3v) is 5.44. The van der Waals surface area contributed by atoms with Gasteiger partial charge < -0.3 is 5.11 Å². The molecule has 1 nitrogen and oxygen atoms in total. The fourth-order valence-electron chi connectivity index (χ4n) is 3.87. The van der Waals surface area contributed by atoms with E-state index in [9.17, 15) is 5.11 Å². The van der Waals surface area contributed by atoms with Gasteiger partial charge in [-0.15, -0.1) is 0 Å². The highest BCUT2D eigenvalue weighted by atomic mass is 35.5. The SMILES string of the molecule is OC1(c2ccc(Cl)cc2)CCC2(CCCC2)CC1. The number of hydrogen-bond acceptors (Lipinski definition) is 1. The summed E-state index contributed by atoms with van der Waals surface area (Å²) in [5, 5.41) is 11.6. The molecule has 0 atom stereocenters. The van der Waals surface area contributed by atoms with Crippen molar-refractivity contribution in [2.75, 3.05) is 0 Å². The van der Waals surface area contributed by atoms with Crippen molar-refractivity contribution in [2.24, 2.45) is 5.41 Å². The van der Waals surface area contributed by atoms with E-state index in [0.29, 0.717) is 5.41 Å². The van der Waals surface area contributed by atoms with E-state index in [1.807, 2.05) is 24.3 Å². The summed E-state index contributed by atoms with van der Waals surface area (Å²) in [7, 11) is 0. The lowest BCUT2D eigenvalue weighted by atomic mass is 9.66. The Labute approximate surface area is 114 Å². The molecule has 3 rings (SSSR count). The monoisotopic (exact) mass is 264 g/mol. The van der Waals surface area contributed by atoms with Gasteiger partial charge in [-0.2, -0.15) is 0 Å². The average Bonchev–Trinajstić information content (AvgIpc) is 2.83. The fourth-order valence-corrected chi connectivity index (χ4v) is 3.99. The summed E-state index contributed by atoms with van der Waals surface area (Å²) in [5.74, 6) is 0. The van der Waals surface area contributed by atoms with E-state index in [-0.39, 0.29) is 0 Å². The molecule has 98 valence electrons. The zero-order valence-corrected chi connectivity index (χ0v) is 11.5. The summed E-state index contributed by atoms with van der Waals surface area (Å²) < 4.78 is 0. The normalized spacial score (nSPS) is 25.4. The molecule has 2 saturated carbocycles. The van der Waals surface area contributed by atoms with Crippen molar-refractivity contribution in [3.8, 4) is 0 Å². The Hall–Kier alpha value is -0.530. The Kier molecular flexibility index (Phi) is 3.15. The summed E-state index contributed by atoms with van der Waals surface area (Å²) in [6, 6.07) is 7.73. The van der Waals surface area contributed by atoms with Crippen molar-refractivity contribution in [3.63, 3.8) is 0 Å². The van der Waals surface area contributed by atoms with Crippen LogP contribution in [0.3, 0.4) is 0 Å². The predicted molar refractivity (Wildman–Crippen MR) is 74.7 cm³/mol. The Bertz CT molecular complexity index is 407. The van der Waals surface area contributed by atoms with Gasteiger partial charge in [0.1, 0.15) is 0 Å². The van der Waals surface area contributed by atoms with Crippen molar-refractivity contribution in [1.29, 1.82) is 0 Å². The van der Waals surface area contributed by atoms with Crippen molar-refractivity contribution < 1.29 is 5.11 Å². The molecule has 1 aromatic rings. The van der Waals surface area contributed by atoms with Crippen molar-refractivity contribution >= 4 is 11.6 Å². The zero-order chi connectivity index (χ0) is 12.6. The maximum absolute atomic E-state index is 10.8. The molecule has 0 saturated heterocycles. The lowest BCUT2D eigenvalue weighted by Crippen LogP contribution is -2.35. The number of rotatable bonds is 1. The quantitative estimate of drug-likeness (QED) is 0.782. The van der Waals surface area contributed by atoms with Crippen LogP contribution < -0.4 is 0 Å². The fraction of sp³-hybridized carbons (Fsp3) is 0.625. The highest BCUT2D eigenvalue weighted by molar-refractivity contribution is 6.30. The first-order chi connectivity index (χ1) is 8.62. The first kappa shape index (κ1) is 12.5. The molecular weight excluding hydrogens is 244 g/mol. The van der Waals surface area contributed by atoms with Gasteiger partial charge in [-0.1, -0.05) is 36.6 Å². The summed E-state index contributed by atoms with van der Waals surface area (Å²) in [6.07, 6.45) is 9.73. The highest BCUT2D eigenvalue weighted by Gasteiger charge is 2.43. The van der Waals surface area contributed by atoms with Crippen LogP contribution in [0.2, 0.25) is 5.02 Å². The number of benzene rings is 1. The summed E-state index contributed by atoms with van der Waals surface area (Å²) >= 11 is 5.91. The Morgan fingerprint density at radius 1 is 0.833 bits per heavy atom. The molecule has 2 heteroatoms. The smallest absolute Gasteiger partial charge is 0.0897 e. The van der Waals surface area contributed by atoms with E-state index < -0.39 is 5.60 Å². The first-order valence-electron chi connectivity index (χ1n) is 7.11. The van der Waals surface area contributed by atoms with Gasteiger partial charge in [0.05, 0.1) is 5.60 Å². The molecule has 2 aliphatic rings. The molecule has 2 aliphatic carbocycles. The Morgan fingerprint density at radius 3 is 1.94 bits per heavy atom. The van der Waals surface area contributed by atoms with Crippen LogP contribution in [0, 0.1) is 5.41 Å². The van der Waals surface area contributed by atoms with Crippen LogP contribution in [0.1, 0.15) is 56.9 Å². The lowest BCUT2D eigenvalue weighted by Gasteiger charge is -2.42. The molecule has 0 amide bonds. The number of halogens is 1. The highest BCUT2D eigenvalue weighted by Crippen LogP contribution is 2.53. The van der Waals surface area contributed by atoms with Crippen LogP contribution >= 0.6 is 11.6 Å². The molecular formula is C16H21ClO. The molecule has 0 radical (unpaired) electrons. The number of hydrogen-bond donors (Lipinski definition) is 1. The van der Waals surface area contributed by atoms with Crippen LogP contribution in [0.4, 0.5) is 0 Å². The second-order valence-electron chi connectivity index (χ2n) is 6.25. The standard InChI is InChI=1S/C16H21ClO/c17-14-5-3-13(4-6-14)16(18)11-9-15(10-12-16)7-1-2-8-15/h3-6,18H,1-2,7-12H2. The van der Waals surface area contributed by atoms with Crippen LogP contribution in [0.25, 0.3) is 0 Å². The van der Waals surface area contributed by atoms with Gasteiger partial charge in [0.2, 0.25) is 0 Å². The van der Waals surface area contributed by atoms with E-state index in [1.54, 1.807) is 0 Å². The minimum absolute atomic E-state index is 0.568. The van der Waals surface area contributed by atoms with E-state index in [0.717, 1.165) is 23.4 Å². The van der Waals surface area contributed by atoms with E-state index in [2.05, 4.69) is 0 Å². The van der Waals surface area contributed by atoms with Crippen LogP contribution in [-0.4, -0.2) is 5.11 Å². The van der Waals surface area contributed by atoms with Crippen LogP contribution in [0.15, 0.2) is 24.3 Å². The lowest BCUT2D eigenvalue weighted by molar-refractivity contribution is -0.0376. The molecule has 1 spiro atoms. The van der Waals surface area contributed by atoms with Gasteiger partial charge >= 0.3 is 0 Å². The van der Waals surface area contributed by atoms with E-state index in [4.69, 9.17) is 11.6 Å². The van der Waals surface area contributed by atoms with E-state index in [1.165, 1.54) is 38.5 Å². The van der Waals surface area contributed by atoms with Gasteiger partial charge in [-0.3, -0.25) is 0 Å². The maximum Gasteiger partial charge on any atom is 0.0897 e. The maximum atomic E-state index is 10.8. The summed E-state index contributed by atoms with van der Waals surface area (Å²) in [6.45, 7) is 0. The first-order valence-corrected chi connectivity index (χ1v) is 7.48. The molecule has 0 aliphatic heterocycles. The number of aliphatic hydroxyl groups is 1. The molecule has 0 aromatic heterocycles. The molecule has 2 fully saturated rings. The third-order valence-electron chi connectivity index (χ3n) is 5.18. The summed E-state index contributed by atoms with van der Waals surface area (Å²) in [4.78, 5) is 0. The third kappa shape index (κ3) is 2.19. The molecule has 18 heavy (non-hydrogen) atoms. The largest absolute Gasteiger partial charge is 0.385 e. The Balaban J connectivity index is 1.75. The average molecular weight is 265 g/mol. The van der Waals surface area contributed by atoms with Gasteiger partial charge in [0, 0.05) is 5.02 Å². The molecule has 1 aromatic carbocycles. The van der Waals surface area contributed by atoms with Crippen molar-refractivity contribution in [1.82, 2.24) is 0 Å². The van der Waals surface area contributed by atoms with Crippen LogP contribution in [0.5, 0.6) is 0 Å². The minimum Gasteiger partial charge on any atom is -0.385 e. The zero-order valence-electron chi connectivity index (χ0n) is 10.8. The van der Waals surface area contributed by atoms with Gasteiger partial charge in [-0.05, 0) is 61.6 Å². The Morgan fingerprint density at radius 2 is 1.39 bits per heavy atom. The molecule has 0 heterocycles. The summed E-state index contributed by atoms with van der Waals surface area (Å²) in [5.41, 5.74) is 0.997. The predicted octanol–water partition coefficient (Wildman–Crippen LogP) is 4.66. The van der Waals surface area contributed by atoms with Gasteiger partial charge in [0.25, 0.3) is 0 Å². The van der Waals surface area contributed by atoms with Crippen molar-refractivity contribution in [3.05, 3.63) is 34.9 Å². The van der Waals surface area contributed by atoms with Crippen molar-refractivity contribution in [2.45, 2.75) is 57.0 Å². The molecule has 0 bridgehead atoms. The topological polar surface area (TPSA) is 20.2 Å². The second kappa shape index (κ2) is 4.54. The minimum atomic E-state index is -0.613. The van der Waals surface area contributed by atoms with Gasteiger partial charge in [0.15, 0.2) is 0 Å². The van der Waals surface area contributed by atoms with Gasteiger partial charge in [-0.25, -0.2) is 0 Å². The molecule has 0 unspecified atom stereocenters. The molecule has 1 N–H and O–H groups in total. The van der Waals surface area contributed by atoms with Crippen LogP contribution in [-0.2, 0) is 5.60 Å². The second-order valence-corrected chi connectivity index (χ2v) is 6.68.